The summed E-state index contributed by atoms with van der Waals surface area (Å²) in [6.45, 7) is 8.24. The maximum Gasteiger partial charge on any atom is 0.246 e. The van der Waals surface area contributed by atoms with E-state index in [4.69, 9.17) is 15.2 Å². The number of nitrogens with one attached hydrogen (secondary N) is 1. The number of nitrogens with two attached hydrogens (primary N) is 1. The van der Waals surface area contributed by atoms with Crippen molar-refractivity contribution in [1.29, 1.82) is 0 Å². The number of carbonyl (C=O) groups excluding carboxylic acids is 1. The largest absolute Gasteiger partial charge is 0.379 e. The van der Waals surface area contributed by atoms with Crippen molar-refractivity contribution in [3.63, 3.8) is 0 Å². The summed E-state index contributed by atoms with van der Waals surface area (Å²) in [7, 11) is 0. The zero-order valence-corrected chi connectivity index (χ0v) is 13.8. The maximum absolute atomic E-state index is 11.6. The number of hydrogen-bond donors (Lipinski definition) is 2. The van der Waals surface area contributed by atoms with E-state index in [1.807, 2.05) is 19.1 Å². The van der Waals surface area contributed by atoms with Crippen LogP contribution in [0.2, 0.25) is 0 Å². The fourth-order valence-corrected chi connectivity index (χ4v) is 1.95. The van der Waals surface area contributed by atoms with Crippen molar-refractivity contribution >= 4 is 5.91 Å². The van der Waals surface area contributed by atoms with Crippen LogP contribution in [0.25, 0.3) is 0 Å². The van der Waals surface area contributed by atoms with E-state index in [-0.39, 0.29) is 18.6 Å². The summed E-state index contributed by atoms with van der Waals surface area (Å²) in [6.07, 6.45) is 0. The van der Waals surface area contributed by atoms with Gasteiger partial charge in [-0.1, -0.05) is 38.1 Å². The van der Waals surface area contributed by atoms with Crippen molar-refractivity contribution in [2.24, 2.45) is 5.73 Å². The lowest BCUT2D eigenvalue weighted by atomic mass is 9.99. The molecule has 1 rings (SSSR count). The fraction of sp³-hybridized carbons (Fsp3) is 0.588. The zero-order valence-electron chi connectivity index (χ0n) is 13.8. The first-order chi connectivity index (χ1) is 10.5. The summed E-state index contributed by atoms with van der Waals surface area (Å²) in [5.74, 6) is 0.338. The van der Waals surface area contributed by atoms with E-state index in [0.717, 1.165) is 5.56 Å². The van der Waals surface area contributed by atoms with E-state index in [9.17, 15) is 4.79 Å². The molecule has 0 heterocycles. The highest BCUT2D eigenvalue weighted by Gasteiger charge is 2.09. The molecule has 0 bridgehead atoms. The minimum Gasteiger partial charge on any atom is -0.379 e. The summed E-state index contributed by atoms with van der Waals surface area (Å²) < 4.78 is 10.3. The quantitative estimate of drug-likeness (QED) is 0.648. The molecular formula is C17H28N2O3. The van der Waals surface area contributed by atoms with Gasteiger partial charge in [-0.25, -0.2) is 0 Å². The van der Waals surface area contributed by atoms with Gasteiger partial charge in [-0.05, 0) is 24.0 Å². The molecule has 5 nitrogen and oxygen atoms in total. The Balaban J connectivity index is 2.27. The van der Waals surface area contributed by atoms with Gasteiger partial charge in [0.05, 0.1) is 13.2 Å². The van der Waals surface area contributed by atoms with Crippen molar-refractivity contribution in [1.82, 2.24) is 5.32 Å². The van der Waals surface area contributed by atoms with E-state index in [0.29, 0.717) is 32.3 Å². The highest BCUT2D eigenvalue weighted by atomic mass is 16.5. The smallest absolute Gasteiger partial charge is 0.246 e. The van der Waals surface area contributed by atoms with Gasteiger partial charge in [0.25, 0.3) is 0 Å². The molecule has 0 spiro atoms. The van der Waals surface area contributed by atoms with Crippen molar-refractivity contribution in [2.75, 3.05) is 33.0 Å². The molecule has 22 heavy (non-hydrogen) atoms. The Hall–Kier alpha value is -1.43. The Morgan fingerprint density at radius 2 is 1.73 bits per heavy atom. The second-order valence-electron chi connectivity index (χ2n) is 5.48. The lowest BCUT2D eigenvalue weighted by molar-refractivity contribution is -0.126. The Bertz CT molecular complexity index is 432. The first kappa shape index (κ1) is 18.6. The van der Waals surface area contributed by atoms with Gasteiger partial charge in [-0.3, -0.25) is 4.79 Å². The minimum atomic E-state index is -0.214. The van der Waals surface area contributed by atoms with Crippen LogP contribution in [-0.2, 0) is 14.3 Å². The number of amides is 1. The van der Waals surface area contributed by atoms with Crippen LogP contribution >= 0.6 is 0 Å². The third kappa shape index (κ3) is 7.02. The maximum atomic E-state index is 11.6. The number of hydrogen-bond acceptors (Lipinski definition) is 4. The first-order valence-electron chi connectivity index (χ1n) is 7.82. The van der Waals surface area contributed by atoms with Crippen LogP contribution < -0.4 is 11.1 Å². The molecule has 0 saturated carbocycles. The summed E-state index contributed by atoms with van der Waals surface area (Å²) in [4.78, 5) is 11.6. The SMILES string of the molecule is CCOCCOCC(=O)NCC(N)c1ccc(C(C)C)cc1. The van der Waals surface area contributed by atoms with Crippen molar-refractivity contribution in [2.45, 2.75) is 32.7 Å². The Kier molecular flexibility index (Phi) is 8.74. The highest BCUT2D eigenvalue weighted by molar-refractivity contribution is 5.77. The number of ether oxygens (including phenoxy) is 2. The molecule has 1 unspecified atom stereocenters. The molecule has 3 N–H and O–H groups in total. The number of carbonyl (C=O) groups is 1. The second-order valence-corrected chi connectivity index (χ2v) is 5.48. The van der Waals surface area contributed by atoms with Gasteiger partial charge >= 0.3 is 0 Å². The zero-order chi connectivity index (χ0) is 16.4. The van der Waals surface area contributed by atoms with Gasteiger partial charge in [-0.2, -0.15) is 0 Å². The lowest BCUT2D eigenvalue weighted by Crippen LogP contribution is -2.34. The van der Waals surface area contributed by atoms with Crippen molar-refractivity contribution < 1.29 is 14.3 Å². The van der Waals surface area contributed by atoms with Gasteiger partial charge in [0.15, 0.2) is 0 Å². The molecule has 0 saturated heterocycles. The molecule has 1 amide bonds. The summed E-state index contributed by atoms with van der Waals surface area (Å²) in [6, 6.07) is 7.99. The van der Waals surface area contributed by atoms with Crippen molar-refractivity contribution in [3.8, 4) is 0 Å². The molecule has 0 aliphatic rings. The molecule has 124 valence electrons. The van der Waals surface area contributed by atoms with Crippen LogP contribution in [0.4, 0.5) is 0 Å². The standard InChI is InChI=1S/C17H28N2O3/c1-4-21-9-10-22-12-17(20)19-11-16(18)15-7-5-14(6-8-15)13(2)3/h5-8,13,16H,4,9-12,18H2,1-3H3,(H,19,20). The van der Waals surface area contributed by atoms with E-state index < -0.39 is 0 Å². The van der Waals surface area contributed by atoms with Crippen LogP contribution in [-0.4, -0.2) is 38.9 Å². The summed E-state index contributed by atoms with van der Waals surface area (Å²) >= 11 is 0. The Morgan fingerprint density at radius 3 is 2.32 bits per heavy atom. The van der Waals surface area contributed by atoms with E-state index >= 15 is 0 Å². The van der Waals surface area contributed by atoms with Crippen LogP contribution in [0.15, 0.2) is 24.3 Å². The topological polar surface area (TPSA) is 73.6 Å². The van der Waals surface area contributed by atoms with Gasteiger partial charge in [-0.15, -0.1) is 0 Å². The highest BCUT2D eigenvalue weighted by Crippen LogP contribution is 2.17. The minimum absolute atomic E-state index is 0.0338. The van der Waals surface area contributed by atoms with E-state index in [1.54, 1.807) is 0 Å². The molecule has 1 atom stereocenters. The normalized spacial score (nSPS) is 12.4. The van der Waals surface area contributed by atoms with Gasteiger partial charge < -0.3 is 20.5 Å². The van der Waals surface area contributed by atoms with E-state index in [2.05, 4.69) is 31.3 Å². The van der Waals surface area contributed by atoms with Gasteiger partial charge in [0.1, 0.15) is 6.61 Å². The predicted octanol–water partition coefficient (Wildman–Crippen LogP) is 1.98. The average Bonchev–Trinajstić information content (AvgIpc) is 2.52. The third-order valence-corrected chi connectivity index (χ3v) is 3.36. The van der Waals surface area contributed by atoms with Crippen LogP contribution in [0, 0.1) is 0 Å². The Labute approximate surface area is 133 Å². The van der Waals surface area contributed by atoms with Crippen LogP contribution in [0.5, 0.6) is 0 Å². The predicted molar refractivity (Wildman–Crippen MR) is 87.8 cm³/mol. The molecule has 1 aromatic rings. The van der Waals surface area contributed by atoms with Crippen LogP contribution in [0.3, 0.4) is 0 Å². The average molecular weight is 308 g/mol. The molecular weight excluding hydrogens is 280 g/mol. The summed E-state index contributed by atoms with van der Waals surface area (Å²) in [5, 5.41) is 2.78. The fourth-order valence-electron chi connectivity index (χ4n) is 1.95. The number of benzene rings is 1. The third-order valence-electron chi connectivity index (χ3n) is 3.36. The second kappa shape index (κ2) is 10.3. The van der Waals surface area contributed by atoms with Crippen molar-refractivity contribution in [3.05, 3.63) is 35.4 Å². The molecule has 0 fully saturated rings. The first-order valence-corrected chi connectivity index (χ1v) is 7.82. The summed E-state index contributed by atoms with van der Waals surface area (Å²) in [5.41, 5.74) is 8.38. The molecule has 0 aliphatic heterocycles. The molecule has 0 aromatic heterocycles. The lowest BCUT2D eigenvalue weighted by Gasteiger charge is -2.14. The molecule has 5 heteroatoms. The molecule has 0 radical (unpaired) electrons. The Morgan fingerprint density at radius 1 is 1.14 bits per heavy atom. The van der Waals surface area contributed by atoms with Gasteiger partial charge in [0.2, 0.25) is 5.91 Å². The molecule has 1 aromatic carbocycles. The van der Waals surface area contributed by atoms with Gasteiger partial charge in [0, 0.05) is 19.2 Å². The van der Waals surface area contributed by atoms with E-state index in [1.165, 1.54) is 5.56 Å². The number of rotatable bonds is 10. The molecule has 0 aliphatic carbocycles. The monoisotopic (exact) mass is 308 g/mol. The van der Waals surface area contributed by atoms with Crippen LogP contribution in [0.1, 0.15) is 43.9 Å².